The molecule has 0 saturated carbocycles. The minimum Gasteiger partial charge on any atom is -0.495 e. The zero-order valence-corrected chi connectivity index (χ0v) is 12.4. The van der Waals surface area contributed by atoms with Gasteiger partial charge in [-0.15, -0.1) is 0 Å². The molecular formula is C16H15ClN2O2. The first-order chi connectivity index (χ1) is 10.2. The molecule has 5 heteroatoms. The molecule has 0 fully saturated rings. The van der Waals surface area contributed by atoms with Crippen LogP contribution in [-0.4, -0.2) is 24.5 Å². The Labute approximate surface area is 128 Å². The fourth-order valence-electron chi connectivity index (χ4n) is 2.68. The SMILES string of the molecule is COc1cccc2c1N(C(=O)c1ccncc1Cl)CCC2. The highest BCUT2D eigenvalue weighted by Gasteiger charge is 2.27. The number of nitrogens with zero attached hydrogens (tertiary/aromatic N) is 2. The normalized spacial score (nSPS) is 13.7. The van der Waals surface area contributed by atoms with Crippen LogP contribution in [0.2, 0.25) is 5.02 Å². The second-order valence-electron chi connectivity index (χ2n) is 4.88. The maximum atomic E-state index is 12.8. The van der Waals surface area contributed by atoms with Crippen LogP contribution >= 0.6 is 11.6 Å². The summed E-state index contributed by atoms with van der Waals surface area (Å²) < 4.78 is 5.42. The molecule has 21 heavy (non-hydrogen) atoms. The Bertz CT molecular complexity index is 673. The van der Waals surface area contributed by atoms with Crippen LogP contribution in [0.1, 0.15) is 22.3 Å². The molecule has 0 saturated heterocycles. The number of hydrogen-bond donors (Lipinski definition) is 0. The fourth-order valence-corrected chi connectivity index (χ4v) is 2.88. The quantitative estimate of drug-likeness (QED) is 0.854. The average Bonchev–Trinajstić information content (AvgIpc) is 2.53. The molecule has 1 aliphatic rings. The number of halogens is 1. The third-order valence-electron chi connectivity index (χ3n) is 3.65. The number of carbonyl (C=O) groups excluding carboxylic acids is 1. The molecule has 0 aliphatic carbocycles. The molecule has 2 aromatic rings. The minimum absolute atomic E-state index is 0.118. The van der Waals surface area contributed by atoms with E-state index < -0.39 is 0 Å². The number of ether oxygens (including phenoxy) is 1. The lowest BCUT2D eigenvalue weighted by Crippen LogP contribution is -2.36. The van der Waals surface area contributed by atoms with E-state index in [1.807, 2.05) is 18.2 Å². The van der Waals surface area contributed by atoms with Crippen molar-refractivity contribution >= 4 is 23.2 Å². The van der Waals surface area contributed by atoms with Gasteiger partial charge in [0.2, 0.25) is 0 Å². The molecule has 108 valence electrons. The predicted octanol–water partition coefficient (Wildman–Crippen LogP) is 3.34. The number of methoxy groups -OCH3 is 1. The summed E-state index contributed by atoms with van der Waals surface area (Å²) in [7, 11) is 1.62. The van der Waals surface area contributed by atoms with E-state index in [0.717, 1.165) is 24.1 Å². The first-order valence-electron chi connectivity index (χ1n) is 6.79. The smallest absolute Gasteiger partial charge is 0.260 e. The largest absolute Gasteiger partial charge is 0.495 e. The van der Waals surface area contributed by atoms with Gasteiger partial charge in [0, 0.05) is 18.9 Å². The number of pyridine rings is 1. The van der Waals surface area contributed by atoms with Crippen molar-refractivity contribution in [2.75, 3.05) is 18.6 Å². The number of hydrogen-bond acceptors (Lipinski definition) is 3. The maximum Gasteiger partial charge on any atom is 0.260 e. The van der Waals surface area contributed by atoms with Gasteiger partial charge in [-0.05, 0) is 30.5 Å². The number of anilines is 1. The van der Waals surface area contributed by atoms with Gasteiger partial charge in [0.1, 0.15) is 5.75 Å². The highest BCUT2D eigenvalue weighted by atomic mass is 35.5. The van der Waals surface area contributed by atoms with Gasteiger partial charge in [0.05, 0.1) is 23.4 Å². The van der Waals surface area contributed by atoms with Crippen molar-refractivity contribution in [2.24, 2.45) is 0 Å². The Morgan fingerprint density at radius 3 is 3.00 bits per heavy atom. The van der Waals surface area contributed by atoms with Crippen molar-refractivity contribution in [3.63, 3.8) is 0 Å². The molecule has 0 unspecified atom stereocenters. The van der Waals surface area contributed by atoms with Crippen molar-refractivity contribution in [2.45, 2.75) is 12.8 Å². The summed E-state index contributed by atoms with van der Waals surface area (Å²) in [6.07, 6.45) is 4.93. The highest BCUT2D eigenvalue weighted by molar-refractivity contribution is 6.34. The molecular weight excluding hydrogens is 288 g/mol. The van der Waals surface area contributed by atoms with Gasteiger partial charge in [0.15, 0.2) is 0 Å². The molecule has 3 rings (SSSR count). The molecule has 1 aliphatic heterocycles. The number of para-hydroxylation sites is 1. The fraction of sp³-hybridized carbons (Fsp3) is 0.250. The lowest BCUT2D eigenvalue weighted by Gasteiger charge is -2.31. The van der Waals surface area contributed by atoms with Crippen LogP contribution in [0.3, 0.4) is 0 Å². The second kappa shape index (κ2) is 5.74. The summed E-state index contributed by atoms with van der Waals surface area (Å²) in [6.45, 7) is 0.658. The van der Waals surface area contributed by atoms with Gasteiger partial charge in [-0.2, -0.15) is 0 Å². The van der Waals surface area contributed by atoms with Crippen molar-refractivity contribution in [1.82, 2.24) is 4.98 Å². The first-order valence-corrected chi connectivity index (χ1v) is 7.17. The number of aryl methyl sites for hydroxylation is 1. The molecule has 0 spiro atoms. The summed E-state index contributed by atoms with van der Waals surface area (Å²) in [5, 5.41) is 0.365. The van der Waals surface area contributed by atoms with Crippen LogP contribution in [0.15, 0.2) is 36.7 Å². The molecule has 0 atom stereocenters. The molecule has 0 radical (unpaired) electrons. The van der Waals surface area contributed by atoms with E-state index in [0.29, 0.717) is 22.9 Å². The van der Waals surface area contributed by atoms with Crippen LogP contribution in [0.5, 0.6) is 5.75 Å². The van der Waals surface area contributed by atoms with E-state index in [1.165, 1.54) is 6.20 Å². The predicted molar refractivity (Wildman–Crippen MR) is 82.2 cm³/mol. The van der Waals surface area contributed by atoms with Gasteiger partial charge in [-0.3, -0.25) is 9.78 Å². The number of aromatic nitrogens is 1. The number of rotatable bonds is 2. The molecule has 1 amide bonds. The standard InChI is InChI=1S/C16H15ClN2O2/c1-21-14-6-2-4-11-5-3-9-19(15(11)14)16(20)12-7-8-18-10-13(12)17/h2,4,6-8,10H,3,5,9H2,1H3. The van der Waals surface area contributed by atoms with Crippen LogP contribution < -0.4 is 9.64 Å². The van der Waals surface area contributed by atoms with Gasteiger partial charge in [0.25, 0.3) is 5.91 Å². The third-order valence-corrected chi connectivity index (χ3v) is 3.95. The molecule has 0 bridgehead atoms. The van der Waals surface area contributed by atoms with E-state index in [9.17, 15) is 4.79 Å². The van der Waals surface area contributed by atoms with Gasteiger partial charge in [-0.1, -0.05) is 23.7 Å². The average molecular weight is 303 g/mol. The summed E-state index contributed by atoms with van der Waals surface area (Å²) in [4.78, 5) is 18.5. The van der Waals surface area contributed by atoms with Crippen LogP contribution in [0.25, 0.3) is 0 Å². The van der Waals surface area contributed by atoms with Crippen molar-refractivity contribution in [1.29, 1.82) is 0 Å². The lowest BCUT2D eigenvalue weighted by molar-refractivity contribution is 0.0984. The van der Waals surface area contributed by atoms with Gasteiger partial charge < -0.3 is 9.64 Å². The molecule has 1 aromatic carbocycles. The van der Waals surface area contributed by atoms with Crippen LogP contribution in [0, 0.1) is 0 Å². The topological polar surface area (TPSA) is 42.4 Å². The van der Waals surface area contributed by atoms with E-state index in [1.54, 1.807) is 24.3 Å². The van der Waals surface area contributed by atoms with Crippen LogP contribution in [-0.2, 0) is 6.42 Å². The van der Waals surface area contributed by atoms with Crippen molar-refractivity contribution in [3.8, 4) is 5.75 Å². The lowest BCUT2D eigenvalue weighted by atomic mass is 10.00. The molecule has 1 aromatic heterocycles. The van der Waals surface area contributed by atoms with E-state index in [-0.39, 0.29) is 5.91 Å². The minimum atomic E-state index is -0.118. The number of amides is 1. The van der Waals surface area contributed by atoms with Crippen molar-refractivity contribution in [3.05, 3.63) is 52.8 Å². The Morgan fingerprint density at radius 1 is 1.38 bits per heavy atom. The monoisotopic (exact) mass is 302 g/mol. The second-order valence-corrected chi connectivity index (χ2v) is 5.29. The summed E-state index contributed by atoms with van der Waals surface area (Å²) >= 11 is 6.10. The number of fused-ring (bicyclic) bond motifs is 1. The number of carbonyl (C=O) groups is 1. The summed E-state index contributed by atoms with van der Waals surface area (Å²) in [6, 6.07) is 7.50. The Kier molecular flexibility index (Phi) is 3.80. The van der Waals surface area contributed by atoms with E-state index in [2.05, 4.69) is 4.98 Å². The van der Waals surface area contributed by atoms with Crippen LogP contribution in [0.4, 0.5) is 5.69 Å². The molecule has 0 N–H and O–H groups in total. The first kappa shape index (κ1) is 13.9. The zero-order valence-electron chi connectivity index (χ0n) is 11.7. The van der Waals surface area contributed by atoms with Crippen molar-refractivity contribution < 1.29 is 9.53 Å². The maximum absolute atomic E-state index is 12.8. The Hall–Kier alpha value is -2.07. The van der Waals surface area contributed by atoms with E-state index >= 15 is 0 Å². The number of benzene rings is 1. The molecule has 4 nitrogen and oxygen atoms in total. The summed E-state index contributed by atoms with van der Waals surface area (Å²) in [5.41, 5.74) is 2.44. The Morgan fingerprint density at radius 2 is 2.24 bits per heavy atom. The summed E-state index contributed by atoms with van der Waals surface area (Å²) in [5.74, 6) is 0.596. The van der Waals surface area contributed by atoms with Gasteiger partial charge >= 0.3 is 0 Å². The van der Waals surface area contributed by atoms with Gasteiger partial charge in [-0.25, -0.2) is 0 Å². The van der Waals surface area contributed by atoms with E-state index in [4.69, 9.17) is 16.3 Å². The zero-order chi connectivity index (χ0) is 14.8. The Balaban J connectivity index is 2.06. The highest BCUT2D eigenvalue weighted by Crippen LogP contribution is 2.37. The third kappa shape index (κ3) is 2.47. The molecule has 2 heterocycles.